The minimum atomic E-state index is -0.364. The number of nitrogens with one attached hydrogen (secondary N) is 1. The first-order chi connectivity index (χ1) is 7.25. The first-order valence-corrected chi connectivity index (χ1v) is 4.28. The van der Waals surface area contributed by atoms with Gasteiger partial charge in [-0.2, -0.15) is 4.98 Å². The van der Waals surface area contributed by atoms with E-state index in [0.29, 0.717) is 11.6 Å². The fourth-order valence-electron chi connectivity index (χ4n) is 1.01. The molecule has 2 aromatic heterocycles. The molecule has 6 heteroatoms. The summed E-state index contributed by atoms with van der Waals surface area (Å²) in [6, 6.07) is 5.06. The Morgan fingerprint density at radius 1 is 1.47 bits per heavy atom. The van der Waals surface area contributed by atoms with E-state index in [4.69, 9.17) is 4.52 Å². The van der Waals surface area contributed by atoms with Crippen LogP contribution in [0.25, 0.3) is 0 Å². The van der Waals surface area contributed by atoms with Gasteiger partial charge in [-0.1, -0.05) is 6.07 Å². The van der Waals surface area contributed by atoms with Gasteiger partial charge in [0, 0.05) is 13.1 Å². The maximum Gasteiger partial charge on any atom is 0.276 e. The number of aromatic nitrogens is 3. The van der Waals surface area contributed by atoms with Gasteiger partial charge in [0.1, 0.15) is 5.69 Å². The van der Waals surface area contributed by atoms with Gasteiger partial charge < -0.3 is 4.52 Å². The zero-order chi connectivity index (χ0) is 10.7. The van der Waals surface area contributed by atoms with Crippen molar-refractivity contribution in [2.45, 2.75) is 6.92 Å². The van der Waals surface area contributed by atoms with Crippen molar-refractivity contribution in [1.29, 1.82) is 0 Å². The van der Waals surface area contributed by atoms with Crippen LogP contribution in [0, 0.1) is 6.92 Å². The third-order valence-corrected chi connectivity index (χ3v) is 1.65. The highest BCUT2D eigenvalue weighted by molar-refractivity contribution is 6.01. The second-order valence-corrected chi connectivity index (χ2v) is 2.81. The van der Waals surface area contributed by atoms with Gasteiger partial charge in [0.25, 0.3) is 11.9 Å². The molecule has 0 aliphatic carbocycles. The summed E-state index contributed by atoms with van der Waals surface area (Å²) < 4.78 is 4.71. The normalized spacial score (nSPS) is 9.93. The molecule has 0 aliphatic rings. The number of carbonyl (C=O) groups excluding carboxylic acids is 1. The van der Waals surface area contributed by atoms with Crippen molar-refractivity contribution in [2.24, 2.45) is 0 Å². The fraction of sp³-hybridized carbons (Fsp3) is 0.111. The Balaban J connectivity index is 2.11. The molecule has 0 bridgehead atoms. The second-order valence-electron chi connectivity index (χ2n) is 2.81. The van der Waals surface area contributed by atoms with E-state index in [9.17, 15) is 4.79 Å². The van der Waals surface area contributed by atoms with Gasteiger partial charge >= 0.3 is 0 Å². The van der Waals surface area contributed by atoms with Crippen LogP contribution in [0.3, 0.4) is 0 Å². The van der Waals surface area contributed by atoms with Crippen LogP contribution in [-0.4, -0.2) is 21.0 Å². The van der Waals surface area contributed by atoms with E-state index in [0.717, 1.165) is 0 Å². The van der Waals surface area contributed by atoms with Crippen LogP contribution in [0.4, 0.5) is 5.95 Å². The van der Waals surface area contributed by atoms with Gasteiger partial charge in [0.05, 0.1) is 0 Å². The molecule has 1 amide bonds. The topological polar surface area (TPSA) is 80.9 Å². The van der Waals surface area contributed by atoms with E-state index < -0.39 is 0 Å². The van der Waals surface area contributed by atoms with Crippen LogP contribution in [0.5, 0.6) is 0 Å². The average molecular weight is 204 g/mol. The summed E-state index contributed by atoms with van der Waals surface area (Å²) in [5.41, 5.74) is 0.306. The highest BCUT2D eigenvalue weighted by Gasteiger charge is 2.09. The molecule has 0 spiro atoms. The highest BCUT2D eigenvalue weighted by Crippen LogP contribution is 2.03. The molecule has 0 radical (unpaired) electrons. The summed E-state index contributed by atoms with van der Waals surface area (Å²) in [5.74, 6) is 0.172. The number of amides is 1. The average Bonchev–Trinajstić information content (AvgIpc) is 2.65. The Morgan fingerprint density at radius 2 is 2.33 bits per heavy atom. The molecular weight excluding hydrogens is 196 g/mol. The molecule has 76 valence electrons. The van der Waals surface area contributed by atoms with Crippen LogP contribution in [-0.2, 0) is 0 Å². The number of pyridine rings is 1. The summed E-state index contributed by atoms with van der Waals surface area (Å²) in [4.78, 5) is 19.3. The van der Waals surface area contributed by atoms with E-state index in [2.05, 4.69) is 20.4 Å². The first-order valence-electron chi connectivity index (χ1n) is 4.28. The van der Waals surface area contributed by atoms with Crippen molar-refractivity contribution in [3.63, 3.8) is 0 Å². The van der Waals surface area contributed by atoms with E-state index in [1.165, 1.54) is 6.20 Å². The zero-order valence-corrected chi connectivity index (χ0v) is 7.97. The van der Waals surface area contributed by atoms with Crippen molar-refractivity contribution in [2.75, 3.05) is 5.32 Å². The molecule has 0 unspecified atom stereocenters. The molecule has 2 aromatic rings. The number of aryl methyl sites for hydroxylation is 1. The molecule has 2 heterocycles. The van der Waals surface area contributed by atoms with Crippen LogP contribution in [0.1, 0.15) is 16.4 Å². The summed E-state index contributed by atoms with van der Waals surface area (Å²) in [5, 5.41) is 6.00. The molecule has 0 aromatic carbocycles. The predicted octanol–water partition coefficient (Wildman–Crippen LogP) is 1.03. The van der Waals surface area contributed by atoms with E-state index in [1.807, 2.05) is 0 Å². The van der Waals surface area contributed by atoms with Crippen molar-refractivity contribution in [1.82, 2.24) is 15.1 Å². The molecule has 15 heavy (non-hydrogen) atoms. The van der Waals surface area contributed by atoms with Crippen LogP contribution in [0.2, 0.25) is 0 Å². The molecular formula is C9H8N4O2. The molecule has 0 saturated carbocycles. The van der Waals surface area contributed by atoms with E-state index in [1.54, 1.807) is 25.1 Å². The lowest BCUT2D eigenvalue weighted by atomic mass is 10.3. The molecule has 0 fully saturated rings. The SMILES string of the molecule is Cc1nc(NC(=O)c2ccccn2)no1. The quantitative estimate of drug-likeness (QED) is 0.789. The molecule has 2 rings (SSSR count). The number of rotatable bonds is 2. The van der Waals surface area contributed by atoms with Gasteiger partial charge in [-0.3, -0.25) is 15.1 Å². The maximum absolute atomic E-state index is 11.5. The first kappa shape index (κ1) is 9.32. The highest BCUT2D eigenvalue weighted by atomic mass is 16.5. The molecule has 0 saturated heterocycles. The van der Waals surface area contributed by atoms with Crippen molar-refractivity contribution in [3.8, 4) is 0 Å². The minimum Gasteiger partial charge on any atom is -0.338 e. The largest absolute Gasteiger partial charge is 0.338 e. The van der Waals surface area contributed by atoms with E-state index >= 15 is 0 Å². The number of anilines is 1. The smallest absolute Gasteiger partial charge is 0.276 e. The molecule has 0 atom stereocenters. The summed E-state index contributed by atoms with van der Waals surface area (Å²) >= 11 is 0. The molecule has 1 N–H and O–H groups in total. The maximum atomic E-state index is 11.5. The van der Waals surface area contributed by atoms with Crippen LogP contribution < -0.4 is 5.32 Å². The predicted molar refractivity (Wildman–Crippen MR) is 51.2 cm³/mol. The lowest BCUT2D eigenvalue weighted by Gasteiger charge is -1.97. The number of hydrogen-bond donors (Lipinski definition) is 1. The Morgan fingerprint density at radius 3 is 2.93 bits per heavy atom. The summed E-state index contributed by atoms with van der Waals surface area (Å²) in [6.07, 6.45) is 1.54. The minimum absolute atomic E-state index is 0.142. The van der Waals surface area contributed by atoms with Crippen molar-refractivity contribution >= 4 is 11.9 Å². The fourth-order valence-corrected chi connectivity index (χ4v) is 1.01. The van der Waals surface area contributed by atoms with Crippen molar-refractivity contribution < 1.29 is 9.32 Å². The Kier molecular flexibility index (Phi) is 2.40. The third kappa shape index (κ3) is 2.16. The number of carbonyl (C=O) groups is 1. The molecule has 0 aliphatic heterocycles. The zero-order valence-electron chi connectivity index (χ0n) is 7.97. The van der Waals surface area contributed by atoms with Gasteiger partial charge in [0.15, 0.2) is 0 Å². The molecule has 6 nitrogen and oxygen atoms in total. The number of hydrogen-bond acceptors (Lipinski definition) is 5. The lowest BCUT2D eigenvalue weighted by Crippen LogP contribution is -2.14. The summed E-state index contributed by atoms with van der Waals surface area (Å²) in [6.45, 7) is 1.64. The Bertz CT molecular complexity index is 466. The lowest BCUT2D eigenvalue weighted by molar-refractivity contribution is 0.102. The monoisotopic (exact) mass is 204 g/mol. The van der Waals surface area contributed by atoms with Crippen LogP contribution >= 0.6 is 0 Å². The Hall–Kier alpha value is -2.24. The van der Waals surface area contributed by atoms with Gasteiger partial charge in [-0.15, -0.1) is 0 Å². The standard InChI is InChI=1S/C9H8N4O2/c1-6-11-9(13-15-6)12-8(14)7-4-2-3-5-10-7/h2-5H,1H3,(H,12,13,14). The Labute approximate surface area is 85.3 Å². The van der Waals surface area contributed by atoms with Gasteiger partial charge in [-0.25, -0.2) is 0 Å². The second kappa shape index (κ2) is 3.87. The summed E-state index contributed by atoms with van der Waals surface area (Å²) in [7, 11) is 0. The van der Waals surface area contributed by atoms with Crippen LogP contribution in [0.15, 0.2) is 28.9 Å². The third-order valence-electron chi connectivity index (χ3n) is 1.65. The van der Waals surface area contributed by atoms with Gasteiger partial charge in [-0.05, 0) is 17.3 Å². The number of nitrogens with zero attached hydrogens (tertiary/aromatic N) is 3. The van der Waals surface area contributed by atoms with Crippen molar-refractivity contribution in [3.05, 3.63) is 36.0 Å². The van der Waals surface area contributed by atoms with Gasteiger partial charge in [0.2, 0.25) is 5.89 Å². The van der Waals surface area contributed by atoms with E-state index in [-0.39, 0.29) is 11.9 Å².